The summed E-state index contributed by atoms with van der Waals surface area (Å²) in [6.07, 6.45) is 1.89. The van der Waals surface area contributed by atoms with Crippen LogP contribution in [0.15, 0.2) is 30.3 Å². The van der Waals surface area contributed by atoms with Gasteiger partial charge in [-0.3, -0.25) is 19.3 Å². The van der Waals surface area contributed by atoms with Gasteiger partial charge in [-0.25, -0.2) is 4.79 Å². The molecule has 1 saturated heterocycles. The second-order valence-electron chi connectivity index (χ2n) is 6.92. The normalized spacial score (nSPS) is 19.9. The molecule has 1 heterocycles. The SMILES string of the molecule is CCCNC(=O)[C@@H](C)NC(=O)CN1C(=O)N[C@@](CCC)(c2ccccc2)C1=O. The first-order chi connectivity index (χ1) is 13.4. The Kier molecular flexibility index (Phi) is 7.14. The molecule has 28 heavy (non-hydrogen) atoms. The van der Waals surface area contributed by atoms with Gasteiger partial charge < -0.3 is 16.0 Å². The minimum absolute atomic E-state index is 0.308. The standard InChI is InChI=1S/C20H28N4O4/c1-4-11-20(15-9-7-6-8-10-15)18(27)24(19(28)23-20)13-16(25)22-14(3)17(26)21-12-5-2/h6-10,14H,4-5,11-13H2,1-3H3,(H,21,26)(H,22,25)(H,23,28)/t14-,20+/m1/s1. The lowest BCUT2D eigenvalue weighted by Gasteiger charge is -2.27. The Morgan fingerprint density at radius 2 is 1.82 bits per heavy atom. The molecule has 1 aliphatic heterocycles. The number of hydrogen-bond acceptors (Lipinski definition) is 4. The molecule has 0 aliphatic carbocycles. The van der Waals surface area contributed by atoms with E-state index in [9.17, 15) is 19.2 Å². The summed E-state index contributed by atoms with van der Waals surface area (Å²) in [5, 5.41) is 7.99. The number of nitrogens with zero attached hydrogens (tertiary/aromatic N) is 1. The highest BCUT2D eigenvalue weighted by Gasteiger charge is 2.52. The monoisotopic (exact) mass is 388 g/mol. The van der Waals surface area contributed by atoms with E-state index in [0.717, 1.165) is 11.3 Å². The Labute approximate surface area is 165 Å². The molecule has 0 aromatic heterocycles. The van der Waals surface area contributed by atoms with Gasteiger partial charge in [0.05, 0.1) is 0 Å². The van der Waals surface area contributed by atoms with Crippen LogP contribution in [0.25, 0.3) is 0 Å². The molecule has 0 radical (unpaired) electrons. The van der Waals surface area contributed by atoms with E-state index in [1.807, 2.05) is 19.9 Å². The zero-order valence-corrected chi connectivity index (χ0v) is 16.6. The van der Waals surface area contributed by atoms with Crippen molar-refractivity contribution in [2.75, 3.05) is 13.1 Å². The van der Waals surface area contributed by atoms with Crippen LogP contribution in [0.4, 0.5) is 4.79 Å². The van der Waals surface area contributed by atoms with Gasteiger partial charge in [-0.2, -0.15) is 0 Å². The number of nitrogens with one attached hydrogen (secondary N) is 3. The van der Waals surface area contributed by atoms with Crippen molar-refractivity contribution in [1.82, 2.24) is 20.9 Å². The lowest BCUT2D eigenvalue weighted by atomic mass is 9.85. The Balaban J connectivity index is 2.10. The van der Waals surface area contributed by atoms with Crippen molar-refractivity contribution in [3.05, 3.63) is 35.9 Å². The third-order valence-corrected chi connectivity index (χ3v) is 4.69. The summed E-state index contributed by atoms with van der Waals surface area (Å²) in [6.45, 7) is 5.49. The molecule has 0 unspecified atom stereocenters. The van der Waals surface area contributed by atoms with Gasteiger partial charge in [-0.1, -0.05) is 50.6 Å². The highest BCUT2D eigenvalue weighted by atomic mass is 16.2. The first kappa shape index (κ1) is 21.4. The van der Waals surface area contributed by atoms with Gasteiger partial charge >= 0.3 is 6.03 Å². The molecule has 0 spiro atoms. The van der Waals surface area contributed by atoms with Gasteiger partial charge in [0.25, 0.3) is 5.91 Å². The molecular formula is C20H28N4O4. The van der Waals surface area contributed by atoms with Crippen molar-refractivity contribution in [2.24, 2.45) is 0 Å². The lowest BCUT2D eigenvalue weighted by Crippen LogP contribution is -2.49. The van der Waals surface area contributed by atoms with Gasteiger partial charge in [-0.05, 0) is 25.3 Å². The van der Waals surface area contributed by atoms with E-state index in [1.165, 1.54) is 0 Å². The van der Waals surface area contributed by atoms with Crippen molar-refractivity contribution in [1.29, 1.82) is 0 Å². The molecule has 8 heteroatoms. The summed E-state index contributed by atoms with van der Waals surface area (Å²) < 4.78 is 0. The van der Waals surface area contributed by atoms with E-state index < -0.39 is 36.0 Å². The first-order valence-electron chi connectivity index (χ1n) is 9.62. The van der Waals surface area contributed by atoms with Crippen LogP contribution >= 0.6 is 0 Å². The molecule has 8 nitrogen and oxygen atoms in total. The Bertz CT molecular complexity index is 737. The van der Waals surface area contributed by atoms with E-state index in [0.29, 0.717) is 24.9 Å². The van der Waals surface area contributed by atoms with Crippen LogP contribution in [-0.2, 0) is 19.9 Å². The maximum atomic E-state index is 13.1. The van der Waals surface area contributed by atoms with Crippen LogP contribution < -0.4 is 16.0 Å². The van der Waals surface area contributed by atoms with Crippen molar-refractivity contribution in [2.45, 2.75) is 51.6 Å². The largest absolute Gasteiger partial charge is 0.354 e. The summed E-state index contributed by atoms with van der Waals surface area (Å²) in [5.41, 5.74) is -0.484. The quantitative estimate of drug-likeness (QED) is 0.554. The molecular weight excluding hydrogens is 360 g/mol. The highest BCUT2D eigenvalue weighted by molar-refractivity contribution is 6.09. The summed E-state index contributed by atoms with van der Waals surface area (Å²) in [6, 6.07) is 7.65. The molecule has 3 N–H and O–H groups in total. The number of rotatable bonds is 9. The number of carbonyl (C=O) groups excluding carboxylic acids is 4. The number of imide groups is 1. The van der Waals surface area contributed by atoms with Gasteiger partial charge in [0, 0.05) is 6.54 Å². The minimum Gasteiger partial charge on any atom is -0.354 e. The van der Waals surface area contributed by atoms with Gasteiger partial charge in [0.2, 0.25) is 11.8 Å². The summed E-state index contributed by atoms with van der Waals surface area (Å²) in [5.74, 6) is -1.33. The van der Waals surface area contributed by atoms with Gasteiger partial charge in [0.1, 0.15) is 18.1 Å². The fraction of sp³-hybridized carbons (Fsp3) is 0.500. The van der Waals surface area contributed by atoms with E-state index in [-0.39, 0.29) is 5.91 Å². The van der Waals surface area contributed by atoms with Crippen LogP contribution in [0.5, 0.6) is 0 Å². The average molecular weight is 388 g/mol. The molecule has 0 bridgehead atoms. The summed E-state index contributed by atoms with van der Waals surface area (Å²) in [4.78, 5) is 50.7. The Hall–Kier alpha value is -2.90. The highest BCUT2D eigenvalue weighted by Crippen LogP contribution is 2.33. The van der Waals surface area contributed by atoms with E-state index in [2.05, 4.69) is 16.0 Å². The van der Waals surface area contributed by atoms with Crippen molar-refractivity contribution in [3.63, 3.8) is 0 Å². The smallest absolute Gasteiger partial charge is 0.325 e. The molecule has 2 rings (SSSR count). The van der Waals surface area contributed by atoms with E-state index in [4.69, 9.17) is 0 Å². The lowest BCUT2D eigenvalue weighted by molar-refractivity contribution is -0.136. The first-order valence-corrected chi connectivity index (χ1v) is 9.62. The molecule has 1 aromatic carbocycles. The second-order valence-corrected chi connectivity index (χ2v) is 6.92. The zero-order valence-electron chi connectivity index (χ0n) is 16.6. The van der Waals surface area contributed by atoms with Gasteiger partial charge in [0.15, 0.2) is 0 Å². The Morgan fingerprint density at radius 1 is 1.14 bits per heavy atom. The molecule has 5 amide bonds. The van der Waals surface area contributed by atoms with Crippen LogP contribution in [0.3, 0.4) is 0 Å². The predicted octanol–water partition coefficient (Wildman–Crippen LogP) is 1.26. The summed E-state index contributed by atoms with van der Waals surface area (Å²) in [7, 11) is 0. The third-order valence-electron chi connectivity index (χ3n) is 4.69. The van der Waals surface area contributed by atoms with Crippen LogP contribution in [0.1, 0.15) is 45.6 Å². The van der Waals surface area contributed by atoms with E-state index >= 15 is 0 Å². The van der Waals surface area contributed by atoms with Crippen molar-refractivity contribution < 1.29 is 19.2 Å². The van der Waals surface area contributed by atoms with Crippen LogP contribution in [-0.4, -0.2) is 47.8 Å². The average Bonchev–Trinajstić information content (AvgIpc) is 2.92. The molecule has 152 valence electrons. The third kappa shape index (κ3) is 4.49. The maximum absolute atomic E-state index is 13.1. The minimum atomic E-state index is -1.17. The number of benzene rings is 1. The number of hydrogen-bond donors (Lipinski definition) is 3. The zero-order chi connectivity index (χ0) is 20.7. The van der Waals surface area contributed by atoms with Crippen LogP contribution in [0, 0.1) is 0 Å². The predicted molar refractivity (Wildman–Crippen MR) is 104 cm³/mol. The fourth-order valence-corrected chi connectivity index (χ4v) is 3.27. The van der Waals surface area contributed by atoms with Crippen LogP contribution in [0.2, 0.25) is 0 Å². The number of urea groups is 1. The second kappa shape index (κ2) is 9.34. The molecule has 1 fully saturated rings. The molecule has 1 aliphatic rings. The van der Waals surface area contributed by atoms with Crippen molar-refractivity contribution in [3.8, 4) is 0 Å². The molecule has 2 atom stereocenters. The molecule has 0 saturated carbocycles. The number of amides is 5. The fourth-order valence-electron chi connectivity index (χ4n) is 3.27. The van der Waals surface area contributed by atoms with E-state index in [1.54, 1.807) is 31.2 Å². The maximum Gasteiger partial charge on any atom is 0.325 e. The Morgan fingerprint density at radius 3 is 2.43 bits per heavy atom. The summed E-state index contributed by atoms with van der Waals surface area (Å²) >= 11 is 0. The topological polar surface area (TPSA) is 108 Å². The van der Waals surface area contributed by atoms with Crippen molar-refractivity contribution >= 4 is 23.8 Å². The van der Waals surface area contributed by atoms with Gasteiger partial charge in [-0.15, -0.1) is 0 Å². The number of carbonyl (C=O) groups is 4. The molecule has 1 aromatic rings.